The third-order valence-corrected chi connectivity index (χ3v) is 2.71. The Morgan fingerprint density at radius 3 is 2.21 bits per heavy atom. The molecule has 2 N–H and O–H groups in total. The van der Waals surface area contributed by atoms with Crippen molar-refractivity contribution in [3.8, 4) is 0 Å². The van der Waals surface area contributed by atoms with E-state index in [9.17, 15) is 0 Å². The lowest BCUT2D eigenvalue weighted by Crippen LogP contribution is -2.22. The molecule has 0 unspecified atom stereocenters. The summed E-state index contributed by atoms with van der Waals surface area (Å²) in [5, 5.41) is 6.92. The molecule has 0 bridgehead atoms. The van der Waals surface area contributed by atoms with Crippen molar-refractivity contribution in [1.29, 1.82) is 0 Å². The molecule has 1 aromatic rings. The zero-order valence-electron chi connectivity index (χ0n) is 12.1. The molecule has 0 aliphatic rings. The van der Waals surface area contributed by atoms with Crippen molar-refractivity contribution in [3.63, 3.8) is 0 Å². The molecule has 1 aromatic heterocycles. The van der Waals surface area contributed by atoms with Crippen LogP contribution in [0.25, 0.3) is 0 Å². The van der Waals surface area contributed by atoms with Gasteiger partial charge in [-0.3, -0.25) is 0 Å². The molecule has 0 amide bonds. The van der Waals surface area contributed by atoms with E-state index in [2.05, 4.69) is 30.4 Å². The van der Waals surface area contributed by atoms with E-state index in [1.165, 1.54) is 0 Å². The fourth-order valence-electron chi connectivity index (χ4n) is 1.37. The standard InChI is InChI=1S/C12H23ClN6/c1-18(2)7-5-14-11-10(13)9-16-12(17-11)15-6-8-19(3)4/h9H,5-8H2,1-4H3,(H2,14,15,16,17). The number of halogens is 1. The van der Waals surface area contributed by atoms with E-state index in [4.69, 9.17) is 11.6 Å². The van der Waals surface area contributed by atoms with E-state index in [0.717, 1.165) is 26.2 Å². The molecule has 0 saturated heterocycles. The summed E-state index contributed by atoms with van der Waals surface area (Å²) >= 11 is 6.06. The molecule has 1 heterocycles. The lowest BCUT2D eigenvalue weighted by Gasteiger charge is -2.13. The van der Waals surface area contributed by atoms with E-state index >= 15 is 0 Å². The summed E-state index contributed by atoms with van der Waals surface area (Å²) in [5.74, 6) is 1.27. The molecule has 0 radical (unpaired) electrons. The minimum Gasteiger partial charge on any atom is -0.367 e. The van der Waals surface area contributed by atoms with Crippen LogP contribution in [0.2, 0.25) is 5.02 Å². The van der Waals surface area contributed by atoms with Crippen molar-refractivity contribution in [2.24, 2.45) is 0 Å². The topological polar surface area (TPSA) is 56.3 Å². The molecule has 6 nitrogen and oxygen atoms in total. The third-order valence-electron chi connectivity index (χ3n) is 2.44. The monoisotopic (exact) mass is 286 g/mol. The van der Waals surface area contributed by atoms with Crippen molar-refractivity contribution >= 4 is 23.4 Å². The zero-order valence-corrected chi connectivity index (χ0v) is 12.8. The Balaban J connectivity index is 2.51. The van der Waals surface area contributed by atoms with Crippen LogP contribution < -0.4 is 10.6 Å². The number of hydrogen-bond acceptors (Lipinski definition) is 6. The van der Waals surface area contributed by atoms with Crippen LogP contribution in [0.4, 0.5) is 11.8 Å². The molecule has 108 valence electrons. The zero-order chi connectivity index (χ0) is 14.3. The van der Waals surface area contributed by atoms with Crippen molar-refractivity contribution < 1.29 is 0 Å². The molecule has 0 aliphatic heterocycles. The number of hydrogen-bond donors (Lipinski definition) is 2. The Morgan fingerprint density at radius 1 is 1.05 bits per heavy atom. The van der Waals surface area contributed by atoms with Crippen LogP contribution in [-0.2, 0) is 0 Å². The molecule has 0 saturated carbocycles. The number of nitrogens with one attached hydrogen (secondary N) is 2. The van der Waals surface area contributed by atoms with Gasteiger partial charge in [0.15, 0.2) is 5.82 Å². The maximum atomic E-state index is 6.06. The van der Waals surface area contributed by atoms with Crippen molar-refractivity contribution in [2.75, 3.05) is 65.0 Å². The van der Waals surface area contributed by atoms with Crippen LogP contribution in [0.1, 0.15) is 0 Å². The maximum absolute atomic E-state index is 6.06. The van der Waals surface area contributed by atoms with E-state index < -0.39 is 0 Å². The molecule has 7 heteroatoms. The average Bonchev–Trinajstić information content (AvgIpc) is 2.32. The van der Waals surface area contributed by atoms with Crippen molar-refractivity contribution in [1.82, 2.24) is 19.8 Å². The number of rotatable bonds is 8. The first-order valence-corrected chi connectivity index (χ1v) is 6.66. The highest BCUT2D eigenvalue weighted by Crippen LogP contribution is 2.18. The summed E-state index contributed by atoms with van der Waals surface area (Å²) in [4.78, 5) is 12.7. The van der Waals surface area contributed by atoms with Gasteiger partial charge in [0.25, 0.3) is 0 Å². The predicted octanol–water partition coefficient (Wildman–Crippen LogP) is 1.08. The van der Waals surface area contributed by atoms with Gasteiger partial charge < -0.3 is 20.4 Å². The summed E-state index contributed by atoms with van der Waals surface area (Å²) < 4.78 is 0. The second kappa shape index (κ2) is 8.14. The first kappa shape index (κ1) is 15.9. The quantitative estimate of drug-likeness (QED) is 0.746. The Labute approximate surface area is 120 Å². The molecule has 0 aliphatic carbocycles. The number of nitrogens with zero attached hydrogens (tertiary/aromatic N) is 4. The van der Waals surface area contributed by atoms with Crippen LogP contribution in [0.15, 0.2) is 6.20 Å². The highest BCUT2D eigenvalue weighted by molar-refractivity contribution is 6.32. The number of aromatic nitrogens is 2. The second-order valence-electron chi connectivity index (χ2n) is 4.85. The first-order chi connectivity index (χ1) is 8.99. The average molecular weight is 287 g/mol. The fraction of sp³-hybridized carbons (Fsp3) is 0.667. The molecule has 0 fully saturated rings. The summed E-state index contributed by atoms with van der Waals surface area (Å²) in [6, 6.07) is 0. The largest absolute Gasteiger partial charge is 0.367 e. The predicted molar refractivity (Wildman–Crippen MR) is 81.1 cm³/mol. The van der Waals surface area contributed by atoms with E-state index in [-0.39, 0.29) is 0 Å². The van der Waals surface area contributed by atoms with E-state index in [1.54, 1.807) is 6.20 Å². The van der Waals surface area contributed by atoms with Gasteiger partial charge in [-0.15, -0.1) is 0 Å². The third kappa shape index (κ3) is 6.56. The molecule has 1 rings (SSSR count). The maximum Gasteiger partial charge on any atom is 0.224 e. The fourth-order valence-corrected chi connectivity index (χ4v) is 1.52. The molecule has 0 spiro atoms. The van der Waals surface area contributed by atoms with Gasteiger partial charge in [0.1, 0.15) is 5.02 Å². The molecule has 0 aromatic carbocycles. The molecule has 19 heavy (non-hydrogen) atoms. The minimum atomic E-state index is 0.539. The van der Waals surface area contributed by atoms with Crippen LogP contribution >= 0.6 is 11.6 Å². The van der Waals surface area contributed by atoms with E-state index in [0.29, 0.717) is 16.8 Å². The van der Waals surface area contributed by atoms with Gasteiger partial charge in [-0.25, -0.2) is 4.98 Å². The van der Waals surface area contributed by atoms with Gasteiger partial charge in [0.2, 0.25) is 5.95 Å². The van der Waals surface area contributed by atoms with Gasteiger partial charge in [-0.05, 0) is 28.2 Å². The molecular formula is C12H23ClN6. The molecule has 0 atom stereocenters. The number of anilines is 2. The molecular weight excluding hydrogens is 264 g/mol. The van der Waals surface area contributed by atoms with Gasteiger partial charge in [0, 0.05) is 26.2 Å². The van der Waals surface area contributed by atoms with Crippen molar-refractivity contribution in [3.05, 3.63) is 11.2 Å². The van der Waals surface area contributed by atoms with Gasteiger partial charge >= 0.3 is 0 Å². The summed E-state index contributed by atoms with van der Waals surface area (Å²) in [6.07, 6.45) is 1.62. The van der Waals surface area contributed by atoms with Gasteiger partial charge in [-0.2, -0.15) is 4.98 Å². The van der Waals surface area contributed by atoms with Crippen LogP contribution in [0, 0.1) is 0 Å². The van der Waals surface area contributed by atoms with Crippen molar-refractivity contribution in [2.45, 2.75) is 0 Å². The number of likely N-dealkylation sites (N-methyl/N-ethyl adjacent to an activating group) is 2. The van der Waals surface area contributed by atoms with Crippen LogP contribution in [-0.4, -0.2) is 74.1 Å². The van der Waals surface area contributed by atoms with Gasteiger partial charge in [0.05, 0.1) is 6.20 Å². The Kier molecular flexibility index (Phi) is 6.83. The highest BCUT2D eigenvalue weighted by atomic mass is 35.5. The Bertz CT molecular complexity index is 382. The normalized spacial score (nSPS) is 11.1. The lowest BCUT2D eigenvalue weighted by molar-refractivity contribution is 0.424. The van der Waals surface area contributed by atoms with Crippen LogP contribution in [0.5, 0.6) is 0 Å². The first-order valence-electron chi connectivity index (χ1n) is 6.29. The summed E-state index contributed by atoms with van der Waals surface area (Å²) in [6.45, 7) is 3.44. The highest BCUT2D eigenvalue weighted by Gasteiger charge is 2.05. The van der Waals surface area contributed by atoms with Crippen LogP contribution in [0.3, 0.4) is 0 Å². The van der Waals surface area contributed by atoms with E-state index in [1.807, 2.05) is 28.2 Å². The lowest BCUT2D eigenvalue weighted by atomic mass is 10.5. The summed E-state index contributed by atoms with van der Waals surface area (Å²) in [7, 11) is 8.10. The minimum absolute atomic E-state index is 0.539. The second-order valence-corrected chi connectivity index (χ2v) is 5.26. The van der Waals surface area contributed by atoms with Gasteiger partial charge in [-0.1, -0.05) is 11.6 Å². The Morgan fingerprint density at radius 2 is 1.63 bits per heavy atom. The smallest absolute Gasteiger partial charge is 0.224 e. The SMILES string of the molecule is CN(C)CCNc1ncc(Cl)c(NCCN(C)C)n1. The summed E-state index contributed by atoms with van der Waals surface area (Å²) in [5.41, 5.74) is 0. The Hall–Kier alpha value is -1.11.